The summed E-state index contributed by atoms with van der Waals surface area (Å²) >= 11 is 0. The molecule has 0 N–H and O–H groups in total. The van der Waals surface area contributed by atoms with Crippen molar-refractivity contribution in [1.82, 2.24) is 9.97 Å². The van der Waals surface area contributed by atoms with E-state index in [2.05, 4.69) is 9.97 Å². The van der Waals surface area contributed by atoms with E-state index in [0.29, 0.717) is 11.0 Å². The molecular formula is C20H12N2O4Pb. The molecule has 2 radical (unpaired) electrons. The van der Waals surface area contributed by atoms with Crippen LogP contribution in [-0.2, 0) is 0 Å². The molecule has 0 aliphatic carbocycles. The monoisotopic (exact) mass is 552 g/mol. The van der Waals surface area contributed by atoms with Gasteiger partial charge in [-0.2, -0.15) is 0 Å². The standard InChI is InChI=1S/2C10H7NO2.Pb/c2*12-10(13)9-6-5-7-3-1-2-4-8(7)11-9;/h2*1-6H,(H,12,13);/q;;+2/p-2. The molecule has 0 saturated heterocycles. The molecule has 0 amide bonds. The van der Waals surface area contributed by atoms with Gasteiger partial charge in [-0.15, -0.1) is 0 Å². The first-order valence-electron chi connectivity index (χ1n) is 7.69. The van der Waals surface area contributed by atoms with E-state index in [-0.39, 0.29) is 38.7 Å². The second-order valence-corrected chi connectivity index (χ2v) is 5.35. The fraction of sp³-hybridized carbons (Fsp3) is 0. The van der Waals surface area contributed by atoms with Gasteiger partial charge in [-0.1, -0.05) is 48.5 Å². The third-order valence-electron chi connectivity index (χ3n) is 3.62. The van der Waals surface area contributed by atoms with Crippen molar-refractivity contribution in [2.24, 2.45) is 0 Å². The number of fused-ring (bicyclic) bond motifs is 2. The molecule has 27 heavy (non-hydrogen) atoms. The Morgan fingerprint density at radius 3 is 1.33 bits per heavy atom. The number of rotatable bonds is 2. The van der Waals surface area contributed by atoms with E-state index in [0.717, 1.165) is 10.8 Å². The predicted octanol–water partition coefficient (Wildman–Crippen LogP) is 0.816. The van der Waals surface area contributed by atoms with E-state index < -0.39 is 11.9 Å². The number of carbonyl (C=O) groups excluding carboxylic acids is 2. The maximum atomic E-state index is 10.5. The van der Waals surface area contributed by atoms with E-state index in [1.165, 1.54) is 12.1 Å². The van der Waals surface area contributed by atoms with Crippen LogP contribution in [-0.4, -0.2) is 49.2 Å². The van der Waals surface area contributed by atoms with Crippen LogP contribution < -0.4 is 10.2 Å². The summed E-state index contributed by atoms with van der Waals surface area (Å²) in [5.74, 6) is -2.49. The van der Waals surface area contributed by atoms with Gasteiger partial charge in [0.05, 0.1) is 34.4 Å². The Morgan fingerprint density at radius 1 is 0.593 bits per heavy atom. The predicted molar refractivity (Wildman–Crippen MR) is 97.9 cm³/mol. The molecule has 0 bridgehead atoms. The zero-order chi connectivity index (χ0) is 18.5. The van der Waals surface area contributed by atoms with E-state index in [9.17, 15) is 19.8 Å². The minimum absolute atomic E-state index is 0. The zero-order valence-corrected chi connectivity index (χ0v) is 17.8. The summed E-state index contributed by atoms with van der Waals surface area (Å²) in [7, 11) is 0. The topological polar surface area (TPSA) is 106 Å². The molecule has 0 atom stereocenters. The molecule has 4 rings (SSSR count). The van der Waals surface area contributed by atoms with Crippen molar-refractivity contribution in [3.8, 4) is 0 Å². The number of aromatic nitrogens is 2. The van der Waals surface area contributed by atoms with Crippen molar-refractivity contribution in [3.05, 3.63) is 84.2 Å². The third-order valence-corrected chi connectivity index (χ3v) is 3.62. The first-order valence-corrected chi connectivity index (χ1v) is 7.69. The molecule has 2 aromatic carbocycles. The summed E-state index contributed by atoms with van der Waals surface area (Å²) in [5, 5.41) is 22.8. The summed E-state index contributed by atoms with van der Waals surface area (Å²) in [6.07, 6.45) is 0. The molecule has 4 aromatic rings. The number of pyridine rings is 2. The van der Waals surface area contributed by atoms with Gasteiger partial charge in [0.25, 0.3) is 0 Å². The van der Waals surface area contributed by atoms with Crippen LogP contribution in [0.1, 0.15) is 21.0 Å². The van der Waals surface area contributed by atoms with Crippen LogP contribution in [0.5, 0.6) is 0 Å². The zero-order valence-electron chi connectivity index (χ0n) is 14.0. The van der Waals surface area contributed by atoms with Gasteiger partial charge in [-0.3, -0.25) is 0 Å². The molecule has 130 valence electrons. The molecule has 0 aliphatic rings. The van der Waals surface area contributed by atoms with Gasteiger partial charge in [0.1, 0.15) is 0 Å². The molecular weight excluding hydrogens is 539 g/mol. The fourth-order valence-corrected chi connectivity index (χ4v) is 2.36. The molecule has 0 saturated carbocycles. The van der Waals surface area contributed by atoms with E-state index in [1.807, 2.05) is 36.4 Å². The van der Waals surface area contributed by atoms with Crippen molar-refractivity contribution in [1.29, 1.82) is 0 Å². The van der Waals surface area contributed by atoms with Gasteiger partial charge in [0.15, 0.2) is 0 Å². The van der Waals surface area contributed by atoms with Crippen LogP contribution in [0.15, 0.2) is 72.8 Å². The molecule has 0 fully saturated rings. The van der Waals surface area contributed by atoms with Gasteiger partial charge in [0, 0.05) is 10.8 Å². The molecule has 0 unspecified atom stereocenters. The molecule has 6 nitrogen and oxygen atoms in total. The van der Waals surface area contributed by atoms with Crippen LogP contribution in [0.25, 0.3) is 21.8 Å². The minimum Gasteiger partial charge on any atom is -0.543 e. The van der Waals surface area contributed by atoms with E-state index in [1.54, 1.807) is 24.3 Å². The van der Waals surface area contributed by atoms with E-state index in [4.69, 9.17) is 0 Å². The molecule has 2 aromatic heterocycles. The Balaban J connectivity index is 0.000000187. The number of carboxylic acid groups (broad SMARTS) is 2. The normalized spacial score (nSPS) is 9.78. The summed E-state index contributed by atoms with van der Waals surface area (Å²) < 4.78 is 0. The maximum absolute atomic E-state index is 10.5. The van der Waals surface area contributed by atoms with Gasteiger partial charge in [-0.05, 0) is 24.3 Å². The van der Waals surface area contributed by atoms with Gasteiger partial charge < -0.3 is 19.8 Å². The van der Waals surface area contributed by atoms with Gasteiger partial charge in [0.2, 0.25) is 0 Å². The average molecular weight is 552 g/mol. The average Bonchev–Trinajstić information content (AvgIpc) is 2.67. The number of nitrogens with zero attached hydrogens (tertiary/aromatic N) is 2. The quantitative estimate of drug-likeness (QED) is 0.342. The van der Waals surface area contributed by atoms with Crippen LogP contribution in [0.3, 0.4) is 0 Å². The largest absolute Gasteiger partial charge is 2.00 e. The first-order chi connectivity index (χ1) is 12.5. The first kappa shape index (κ1) is 20.4. The van der Waals surface area contributed by atoms with Crippen molar-refractivity contribution in [2.75, 3.05) is 0 Å². The van der Waals surface area contributed by atoms with Crippen molar-refractivity contribution in [3.63, 3.8) is 0 Å². The van der Waals surface area contributed by atoms with Crippen molar-refractivity contribution < 1.29 is 19.8 Å². The number of para-hydroxylation sites is 2. The number of hydrogen-bond donors (Lipinski definition) is 0. The third kappa shape index (κ3) is 5.07. The number of carbonyl (C=O) groups is 2. The van der Waals surface area contributed by atoms with Gasteiger partial charge in [-0.25, -0.2) is 9.97 Å². The minimum atomic E-state index is -1.24. The number of carboxylic acids is 2. The Labute approximate surface area is 174 Å². The number of benzene rings is 2. The van der Waals surface area contributed by atoms with E-state index >= 15 is 0 Å². The van der Waals surface area contributed by atoms with Crippen molar-refractivity contribution in [2.45, 2.75) is 0 Å². The van der Waals surface area contributed by atoms with Crippen LogP contribution in [0, 0.1) is 0 Å². The molecule has 2 heterocycles. The molecule has 7 heteroatoms. The Hall–Kier alpha value is -2.88. The summed E-state index contributed by atoms with van der Waals surface area (Å²) in [6.45, 7) is 0. The SMILES string of the molecule is O=C([O-])c1ccc2ccccc2n1.O=C([O-])c1ccc2ccccc2n1.[Pb+2]. The Kier molecular flexibility index (Phi) is 6.94. The Morgan fingerprint density at radius 2 is 0.963 bits per heavy atom. The number of aromatic carboxylic acids is 2. The summed E-state index contributed by atoms with van der Waals surface area (Å²) in [5.41, 5.74) is 1.28. The summed E-state index contributed by atoms with van der Waals surface area (Å²) in [4.78, 5) is 28.8. The second kappa shape index (κ2) is 9.17. The van der Waals surface area contributed by atoms with Crippen molar-refractivity contribution >= 4 is 61.0 Å². The molecule has 0 spiro atoms. The second-order valence-electron chi connectivity index (χ2n) is 5.35. The van der Waals surface area contributed by atoms with Crippen LogP contribution >= 0.6 is 0 Å². The van der Waals surface area contributed by atoms with Crippen LogP contribution in [0.2, 0.25) is 0 Å². The molecule has 0 aliphatic heterocycles. The number of hydrogen-bond acceptors (Lipinski definition) is 6. The maximum Gasteiger partial charge on any atom is 2.00 e. The van der Waals surface area contributed by atoms with Gasteiger partial charge >= 0.3 is 27.3 Å². The fourth-order valence-electron chi connectivity index (χ4n) is 2.36. The smallest absolute Gasteiger partial charge is 0.543 e. The Bertz CT molecular complexity index is 1030. The summed E-state index contributed by atoms with van der Waals surface area (Å²) in [6, 6.07) is 21.0. The van der Waals surface area contributed by atoms with Crippen LogP contribution in [0.4, 0.5) is 0 Å².